The van der Waals surface area contributed by atoms with Gasteiger partial charge in [-0.05, 0) is 6.08 Å². The van der Waals surface area contributed by atoms with E-state index in [9.17, 15) is 5.11 Å². The van der Waals surface area contributed by atoms with Gasteiger partial charge in [-0.1, -0.05) is 34.8 Å². The van der Waals surface area contributed by atoms with Crippen molar-refractivity contribution in [2.45, 2.75) is 10.2 Å². The van der Waals surface area contributed by atoms with Gasteiger partial charge in [0.25, 0.3) is 0 Å². The van der Waals surface area contributed by atoms with Crippen molar-refractivity contribution in [3.05, 3.63) is 21.2 Å². The van der Waals surface area contributed by atoms with E-state index in [4.69, 9.17) is 34.8 Å². The average molecular weight is 230 g/mol. The van der Waals surface area contributed by atoms with E-state index in [-0.39, 0.29) is 15.3 Å². The van der Waals surface area contributed by atoms with Gasteiger partial charge in [0.2, 0.25) is 0 Å². The van der Waals surface area contributed by atoms with Gasteiger partial charge >= 0.3 is 0 Å². The zero-order valence-corrected chi connectivity index (χ0v) is 8.23. The minimum absolute atomic E-state index is 0.00926. The summed E-state index contributed by atoms with van der Waals surface area (Å²) in [7, 11) is 0. The first-order valence-electron chi connectivity index (χ1n) is 2.89. The molecule has 2 atom stereocenters. The van der Waals surface area contributed by atoms with Crippen LogP contribution in [0.25, 0.3) is 0 Å². The number of hydrogen-bond acceptors (Lipinski definition) is 2. The molecule has 1 heterocycles. The summed E-state index contributed by atoms with van der Waals surface area (Å²) < 4.78 is 0. The summed E-state index contributed by atoms with van der Waals surface area (Å²) in [6.07, 6.45) is 1.71. The summed E-state index contributed by atoms with van der Waals surface area (Å²) in [6.45, 7) is 0. The zero-order chi connectivity index (χ0) is 8.22. The Labute approximate surface area is 83.0 Å². The lowest BCUT2D eigenvalue weighted by Crippen LogP contribution is -2.16. The predicted octanol–water partition coefficient (Wildman–Crippen LogP) is 2.62. The minimum Gasteiger partial charge on any atom is -0.373 e. The van der Waals surface area contributed by atoms with Crippen LogP contribution in [0.15, 0.2) is 21.2 Å². The molecule has 1 saturated heterocycles. The van der Waals surface area contributed by atoms with Crippen LogP contribution in [0.1, 0.15) is 0 Å². The predicted molar refractivity (Wildman–Crippen MR) is 49.0 cm³/mol. The van der Waals surface area contributed by atoms with Crippen LogP contribution in [0, 0.1) is 0 Å². The average Bonchev–Trinajstić information content (AvgIpc) is 2.59. The molecule has 0 radical (unpaired) electrons. The Balaban J connectivity index is 2.48. The van der Waals surface area contributed by atoms with Crippen LogP contribution < -0.4 is 0 Å². The Bertz CT molecular complexity index is 286. The first kappa shape index (κ1) is 8.27. The third-order valence-corrected chi connectivity index (χ3v) is 4.43. The SMILES string of the molecule is OC12SC1C=C(Cl)C(Cl)=C2Cl. The molecule has 2 aliphatic rings. The van der Waals surface area contributed by atoms with Crippen LogP contribution in [0.3, 0.4) is 0 Å². The van der Waals surface area contributed by atoms with E-state index in [1.54, 1.807) is 6.08 Å². The fourth-order valence-corrected chi connectivity index (χ4v) is 2.89. The van der Waals surface area contributed by atoms with E-state index in [0.29, 0.717) is 5.03 Å². The monoisotopic (exact) mass is 228 g/mol. The molecule has 5 heteroatoms. The molecule has 0 spiro atoms. The number of fused-ring (bicyclic) bond motifs is 1. The topological polar surface area (TPSA) is 20.2 Å². The van der Waals surface area contributed by atoms with E-state index in [2.05, 4.69) is 0 Å². The molecule has 2 rings (SSSR count). The fraction of sp³-hybridized carbons (Fsp3) is 0.333. The van der Waals surface area contributed by atoms with Crippen molar-refractivity contribution in [2.24, 2.45) is 0 Å². The molecule has 1 fully saturated rings. The van der Waals surface area contributed by atoms with Gasteiger partial charge in [-0.3, -0.25) is 0 Å². The van der Waals surface area contributed by atoms with E-state index in [1.165, 1.54) is 11.8 Å². The molecular weight excluding hydrogens is 226 g/mol. The smallest absolute Gasteiger partial charge is 0.164 e. The molecule has 1 nitrogen and oxygen atoms in total. The molecule has 0 amide bonds. The Morgan fingerprint density at radius 1 is 1.45 bits per heavy atom. The third kappa shape index (κ3) is 1.04. The molecule has 1 N–H and O–H groups in total. The first-order valence-corrected chi connectivity index (χ1v) is 4.90. The third-order valence-electron chi connectivity index (χ3n) is 1.65. The van der Waals surface area contributed by atoms with Crippen LogP contribution in [-0.2, 0) is 0 Å². The van der Waals surface area contributed by atoms with E-state index in [0.717, 1.165) is 0 Å². The lowest BCUT2D eigenvalue weighted by atomic mass is 10.1. The Morgan fingerprint density at radius 2 is 2.09 bits per heavy atom. The standard InChI is InChI=1S/C6H3Cl3OS/c7-2-1-3-6(10,11-3)5(9)4(2)8/h1,3,10H. The quantitative estimate of drug-likeness (QED) is 0.645. The van der Waals surface area contributed by atoms with Gasteiger partial charge in [-0.2, -0.15) is 0 Å². The largest absolute Gasteiger partial charge is 0.373 e. The lowest BCUT2D eigenvalue weighted by molar-refractivity contribution is 0.223. The van der Waals surface area contributed by atoms with Gasteiger partial charge < -0.3 is 5.11 Å². The second-order valence-electron chi connectivity index (χ2n) is 2.38. The summed E-state index contributed by atoms with van der Waals surface area (Å²) in [4.78, 5) is -0.975. The molecule has 1 aliphatic carbocycles. The van der Waals surface area contributed by atoms with Crippen molar-refractivity contribution in [2.75, 3.05) is 0 Å². The first-order chi connectivity index (χ1) is 5.05. The highest BCUT2D eigenvalue weighted by atomic mass is 35.5. The maximum Gasteiger partial charge on any atom is 0.164 e. The maximum atomic E-state index is 9.59. The molecule has 0 aromatic heterocycles. The highest BCUT2D eigenvalue weighted by Gasteiger charge is 2.59. The number of rotatable bonds is 0. The highest BCUT2D eigenvalue weighted by molar-refractivity contribution is 8.09. The molecule has 0 aromatic carbocycles. The maximum absolute atomic E-state index is 9.59. The van der Waals surface area contributed by atoms with Crippen LogP contribution in [-0.4, -0.2) is 15.3 Å². The Hall–Kier alpha value is 0.660. The van der Waals surface area contributed by atoms with E-state index in [1.807, 2.05) is 0 Å². The molecule has 1 aliphatic heterocycles. The molecule has 0 aromatic rings. The van der Waals surface area contributed by atoms with E-state index >= 15 is 0 Å². The number of halogens is 3. The second kappa shape index (κ2) is 2.33. The molecule has 2 unspecified atom stereocenters. The van der Waals surface area contributed by atoms with Gasteiger partial charge in [0.1, 0.15) is 0 Å². The van der Waals surface area contributed by atoms with Gasteiger partial charge in [0.15, 0.2) is 4.93 Å². The second-order valence-corrected chi connectivity index (χ2v) is 4.91. The fourth-order valence-electron chi connectivity index (χ4n) is 0.951. The van der Waals surface area contributed by atoms with Crippen molar-refractivity contribution in [1.29, 1.82) is 0 Å². The molecule has 60 valence electrons. The summed E-state index contributed by atoms with van der Waals surface area (Å²) in [6, 6.07) is 0. The van der Waals surface area contributed by atoms with Crippen LogP contribution in [0.4, 0.5) is 0 Å². The molecule has 0 bridgehead atoms. The summed E-state index contributed by atoms with van der Waals surface area (Å²) in [5.41, 5.74) is 0. The lowest BCUT2D eigenvalue weighted by Gasteiger charge is -2.12. The minimum atomic E-state index is -0.975. The summed E-state index contributed by atoms with van der Waals surface area (Å²) in [5, 5.41) is 10.5. The van der Waals surface area contributed by atoms with Crippen LogP contribution >= 0.6 is 46.6 Å². The number of hydrogen-bond donors (Lipinski definition) is 1. The van der Waals surface area contributed by atoms with E-state index < -0.39 is 4.93 Å². The number of aliphatic hydroxyl groups is 1. The van der Waals surface area contributed by atoms with Crippen molar-refractivity contribution < 1.29 is 5.11 Å². The molecular formula is C6H3Cl3OS. The highest BCUT2D eigenvalue weighted by Crippen LogP contribution is 2.62. The Morgan fingerprint density at radius 3 is 2.73 bits per heavy atom. The van der Waals surface area contributed by atoms with Crippen molar-refractivity contribution in [1.82, 2.24) is 0 Å². The van der Waals surface area contributed by atoms with Crippen molar-refractivity contribution in [3.63, 3.8) is 0 Å². The van der Waals surface area contributed by atoms with Crippen LogP contribution in [0.2, 0.25) is 0 Å². The van der Waals surface area contributed by atoms with Gasteiger partial charge in [0, 0.05) is 0 Å². The zero-order valence-electron chi connectivity index (χ0n) is 5.14. The van der Waals surface area contributed by atoms with Crippen LogP contribution in [0.5, 0.6) is 0 Å². The summed E-state index contributed by atoms with van der Waals surface area (Å²) >= 11 is 18.5. The van der Waals surface area contributed by atoms with Gasteiger partial charge in [-0.15, -0.1) is 11.8 Å². The Kier molecular flexibility index (Phi) is 1.75. The number of allylic oxidation sites excluding steroid dienone is 2. The summed E-state index contributed by atoms with van der Waals surface area (Å²) in [5.74, 6) is 0. The number of thioether (sulfide) groups is 1. The molecule has 0 saturated carbocycles. The van der Waals surface area contributed by atoms with Crippen molar-refractivity contribution in [3.8, 4) is 0 Å². The normalized spacial score (nSPS) is 41.8. The van der Waals surface area contributed by atoms with Gasteiger partial charge in [0.05, 0.1) is 20.3 Å². The van der Waals surface area contributed by atoms with Gasteiger partial charge in [-0.25, -0.2) is 0 Å². The molecule has 11 heavy (non-hydrogen) atoms. The van der Waals surface area contributed by atoms with Crippen molar-refractivity contribution >= 4 is 46.6 Å².